The molecular formula is C19H20Cl2N2O3S. The summed E-state index contributed by atoms with van der Waals surface area (Å²) in [6, 6.07) is 9.75. The predicted molar refractivity (Wildman–Crippen MR) is 109 cm³/mol. The van der Waals surface area contributed by atoms with Gasteiger partial charge in [0.25, 0.3) is 5.91 Å². The van der Waals surface area contributed by atoms with Crippen molar-refractivity contribution in [1.29, 1.82) is 0 Å². The molecule has 0 saturated carbocycles. The van der Waals surface area contributed by atoms with Gasteiger partial charge < -0.3 is 5.32 Å². The molecule has 8 heteroatoms. The number of carbonyl (C=O) groups is 1. The van der Waals surface area contributed by atoms with E-state index in [1.54, 1.807) is 36.4 Å². The summed E-state index contributed by atoms with van der Waals surface area (Å²) in [6.45, 7) is 3.69. The van der Waals surface area contributed by atoms with Crippen LogP contribution in [0.15, 0.2) is 36.4 Å². The molecule has 0 bridgehead atoms. The van der Waals surface area contributed by atoms with Crippen molar-refractivity contribution in [2.24, 2.45) is 0 Å². The molecule has 2 atom stereocenters. The molecule has 2 aromatic rings. The molecule has 0 aliphatic carbocycles. The minimum absolute atomic E-state index is 0.167. The molecule has 1 amide bonds. The number of hydrogen-bond acceptors (Lipinski definition) is 3. The van der Waals surface area contributed by atoms with Gasteiger partial charge in [-0.3, -0.25) is 9.10 Å². The highest BCUT2D eigenvalue weighted by molar-refractivity contribution is 7.92. The summed E-state index contributed by atoms with van der Waals surface area (Å²) in [5, 5.41) is 3.94. The first-order valence-electron chi connectivity index (χ1n) is 8.46. The fraction of sp³-hybridized carbons (Fsp3) is 0.316. The number of fused-ring (bicyclic) bond motifs is 1. The number of carbonyl (C=O) groups excluding carboxylic acids is 1. The number of rotatable bonds is 4. The quantitative estimate of drug-likeness (QED) is 0.796. The van der Waals surface area contributed by atoms with Gasteiger partial charge in [0.2, 0.25) is 10.0 Å². The van der Waals surface area contributed by atoms with E-state index < -0.39 is 10.0 Å². The predicted octanol–water partition coefficient (Wildman–Crippen LogP) is 4.20. The van der Waals surface area contributed by atoms with E-state index in [1.165, 1.54) is 10.6 Å². The molecule has 0 radical (unpaired) electrons. The topological polar surface area (TPSA) is 66.5 Å². The van der Waals surface area contributed by atoms with Crippen LogP contribution in [0.3, 0.4) is 0 Å². The number of nitrogens with one attached hydrogen (secondary N) is 1. The van der Waals surface area contributed by atoms with Crippen molar-refractivity contribution >= 4 is 44.8 Å². The van der Waals surface area contributed by atoms with Crippen molar-refractivity contribution in [2.75, 3.05) is 10.6 Å². The number of hydrogen-bond donors (Lipinski definition) is 1. The zero-order valence-corrected chi connectivity index (χ0v) is 17.5. The zero-order chi connectivity index (χ0) is 19.9. The Hall–Kier alpha value is -1.76. The van der Waals surface area contributed by atoms with Gasteiger partial charge in [-0.2, -0.15) is 0 Å². The normalized spacial score (nSPS) is 17.5. The van der Waals surface area contributed by atoms with Crippen LogP contribution < -0.4 is 9.62 Å². The number of halogens is 2. The molecule has 27 heavy (non-hydrogen) atoms. The summed E-state index contributed by atoms with van der Waals surface area (Å²) >= 11 is 12.1. The smallest absolute Gasteiger partial charge is 0.251 e. The van der Waals surface area contributed by atoms with Crippen LogP contribution in [0, 0.1) is 0 Å². The van der Waals surface area contributed by atoms with Crippen LogP contribution in [-0.2, 0) is 16.4 Å². The molecule has 0 spiro atoms. The fourth-order valence-corrected chi connectivity index (χ4v) is 5.30. The van der Waals surface area contributed by atoms with Crippen molar-refractivity contribution in [1.82, 2.24) is 5.32 Å². The van der Waals surface area contributed by atoms with E-state index in [4.69, 9.17) is 23.2 Å². The number of benzene rings is 2. The molecule has 0 fully saturated rings. The molecule has 3 rings (SSSR count). The van der Waals surface area contributed by atoms with Gasteiger partial charge in [0.15, 0.2) is 0 Å². The van der Waals surface area contributed by atoms with E-state index in [0.29, 0.717) is 27.7 Å². The highest BCUT2D eigenvalue weighted by Gasteiger charge is 2.32. The molecule has 2 aromatic carbocycles. The van der Waals surface area contributed by atoms with Crippen LogP contribution in [0.25, 0.3) is 0 Å². The van der Waals surface area contributed by atoms with Crippen LogP contribution in [0.2, 0.25) is 10.0 Å². The van der Waals surface area contributed by atoms with Crippen molar-refractivity contribution in [3.05, 3.63) is 63.1 Å². The minimum atomic E-state index is -3.35. The lowest BCUT2D eigenvalue weighted by Gasteiger charge is -2.22. The monoisotopic (exact) mass is 426 g/mol. The summed E-state index contributed by atoms with van der Waals surface area (Å²) in [5.41, 5.74) is 2.73. The Morgan fingerprint density at radius 2 is 1.93 bits per heavy atom. The third-order valence-electron chi connectivity index (χ3n) is 4.63. The van der Waals surface area contributed by atoms with Gasteiger partial charge in [-0.15, -0.1) is 0 Å². The molecule has 1 aliphatic rings. The SMILES string of the molecule is C[C@H](NC(=O)c1ccc2c(c1)C[C@@H](C)N2S(C)(=O)=O)c1ccc(Cl)cc1Cl. The number of amides is 1. The van der Waals surface area contributed by atoms with Crippen molar-refractivity contribution in [2.45, 2.75) is 32.4 Å². The average Bonchev–Trinajstić information content (AvgIpc) is 2.89. The zero-order valence-electron chi connectivity index (χ0n) is 15.2. The molecule has 1 N–H and O–H groups in total. The molecule has 0 aromatic heterocycles. The highest BCUT2D eigenvalue weighted by atomic mass is 35.5. The molecule has 144 valence electrons. The van der Waals surface area contributed by atoms with Crippen LogP contribution in [0.1, 0.15) is 41.4 Å². The summed E-state index contributed by atoms with van der Waals surface area (Å²) in [7, 11) is -3.35. The first-order valence-corrected chi connectivity index (χ1v) is 11.1. The van der Waals surface area contributed by atoms with Gasteiger partial charge in [-0.05, 0) is 61.7 Å². The third kappa shape index (κ3) is 4.08. The largest absolute Gasteiger partial charge is 0.345 e. The maximum absolute atomic E-state index is 12.7. The third-order valence-corrected chi connectivity index (χ3v) is 6.46. The van der Waals surface area contributed by atoms with Gasteiger partial charge in [0.05, 0.1) is 18.0 Å². The molecule has 0 saturated heterocycles. The van der Waals surface area contributed by atoms with Crippen molar-refractivity contribution in [3.63, 3.8) is 0 Å². The first-order chi connectivity index (χ1) is 12.6. The molecule has 0 unspecified atom stereocenters. The standard InChI is InChI=1S/C19H20Cl2N2O3S/c1-11-8-14-9-13(4-7-18(14)23(11)27(3,25)26)19(24)22-12(2)16-6-5-15(20)10-17(16)21/h4-7,9-12H,8H2,1-3H3,(H,22,24)/t11-,12+/m1/s1. The van der Waals surface area contributed by atoms with E-state index in [2.05, 4.69) is 5.32 Å². The maximum atomic E-state index is 12.7. The minimum Gasteiger partial charge on any atom is -0.345 e. The average molecular weight is 427 g/mol. The highest BCUT2D eigenvalue weighted by Crippen LogP contribution is 2.35. The Bertz CT molecular complexity index is 1010. The summed E-state index contributed by atoms with van der Waals surface area (Å²) in [4.78, 5) is 12.7. The van der Waals surface area contributed by atoms with Crippen LogP contribution in [0.5, 0.6) is 0 Å². The van der Waals surface area contributed by atoms with Gasteiger partial charge in [-0.1, -0.05) is 29.3 Å². The van der Waals surface area contributed by atoms with Crippen LogP contribution >= 0.6 is 23.2 Å². The Morgan fingerprint density at radius 1 is 1.22 bits per heavy atom. The Morgan fingerprint density at radius 3 is 2.56 bits per heavy atom. The Labute approximate surface area is 169 Å². The summed E-state index contributed by atoms with van der Waals surface area (Å²) < 4.78 is 25.4. The van der Waals surface area contributed by atoms with E-state index in [0.717, 1.165) is 11.1 Å². The van der Waals surface area contributed by atoms with E-state index in [9.17, 15) is 13.2 Å². The van der Waals surface area contributed by atoms with E-state index in [-0.39, 0.29) is 18.0 Å². The lowest BCUT2D eigenvalue weighted by atomic mass is 10.0. The van der Waals surface area contributed by atoms with Crippen molar-refractivity contribution < 1.29 is 13.2 Å². The van der Waals surface area contributed by atoms with Gasteiger partial charge in [-0.25, -0.2) is 8.42 Å². The van der Waals surface area contributed by atoms with Gasteiger partial charge in [0, 0.05) is 21.7 Å². The summed E-state index contributed by atoms with van der Waals surface area (Å²) in [5.74, 6) is -0.248. The second kappa shape index (κ2) is 7.34. The molecule has 1 heterocycles. The first kappa shape index (κ1) is 20.0. The van der Waals surface area contributed by atoms with E-state index >= 15 is 0 Å². The van der Waals surface area contributed by atoms with E-state index in [1.807, 2.05) is 13.8 Å². The molecule has 5 nitrogen and oxygen atoms in total. The van der Waals surface area contributed by atoms with Gasteiger partial charge in [0.1, 0.15) is 0 Å². The second-order valence-electron chi connectivity index (χ2n) is 6.82. The summed E-state index contributed by atoms with van der Waals surface area (Å²) in [6.07, 6.45) is 1.76. The van der Waals surface area contributed by atoms with Crippen LogP contribution in [-0.4, -0.2) is 26.6 Å². The number of sulfonamides is 1. The van der Waals surface area contributed by atoms with Gasteiger partial charge >= 0.3 is 0 Å². The Balaban J connectivity index is 1.82. The fourth-order valence-electron chi connectivity index (χ4n) is 3.46. The number of anilines is 1. The van der Waals surface area contributed by atoms with Crippen LogP contribution in [0.4, 0.5) is 5.69 Å². The Kier molecular flexibility index (Phi) is 5.43. The lowest BCUT2D eigenvalue weighted by molar-refractivity contribution is 0.0940. The second-order valence-corrected chi connectivity index (χ2v) is 9.52. The molecule has 1 aliphatic heterocycles. The lowest BCUT2D eigenvalue weighted by Crippen LogP contribution is -2.34. The van der Waals surface area contributed by atoms with Crippen molar-refractivity contribution in [3.8, 4) is 0 Å². The maximum Gasteiger partial charge on any atom is 0.251 e. The number of nitrogens with zero attached hydrogens (tertiary/aromatic N) is 1. The molecular weight excluding hydrogens is 407 g/mol.